The van der Waals surface area contributed by atoms with Gasteiger partial charge in [0.2, 0.25) is 0 Å². The Labute approximate surface area is 195 Å². The van der Waals surface area contributed by atoms with Crippen LogP contribution in [0.4, 0.5) is 0 Å². The molecule has 0 aliphatic carbocycles. The summed E-state index contributed by atoms with van der Waals surface area (Å²) in [6, 6.07) is 8.55. The minimum Gasteiger partial charge on any atom is -0.492 e. The van der Waals surface area contributed by atoms with E-state index in [4.69, 9.17) is 9.47 Å². The first-order valence-corrected chi connectivity index (χ1v) is 10.2. The van der Waals surface area contributed by atoms with E-state index in [9.17, 15) is 0 Å². The molecule has 0 saturated heterocycles. The fraction of sp³-hybridized carbons (Fsp3) is 0.571. The van der Waals surface area contributed by atoms with Crippen LogP contribution in [0.2, 0.25) is 0 Å². The number of hydrogen-bond acceptors (Lipinski definition) is 5. The third-order valence-corrected chi connectivity index (χ3v) is 4.95. The molecule has 30 heavy (non-hydrogen) atoms. The second-order valence-electron chi connectivity index (χ2n) is 7.51. The summed E-state index contributed by atoms with van der Waals surface area (Å²) in [5, 5.41) is 11.3. The van der Waals surface area contributed by atoms with Gasteiger partial charge in [0.25, 0.3) is 0 Å². The Morgan fingerprint density at radius 2 is 2.07 bits per heavy atom. The second kappa shape index (κ2) is 12.1. The van der Waals surface area contributed by atoms with E-state index < -0.39 is 0 Å². The van der Waals surface area contributed by atoms with Crippen molar-refractivity contribution in [3.05, 3.63) is 41.5 Å². The zero-order valence-corrected chi connectivity index (χ0v) is 20.6. The number of benzene rings is 1. The lowest BCUT2D eigenvalue weighted by atomic mass is 10.0. The second-order valence-corrected chi connectivity index (χ2v) is 7.51. The van der Waals surface area contributed by atoms with Crippen molar-refractivity contribution in [2.24, 2.45) is 4.99 Å². The molecule has 0 radical (unpaired) electrons. The molecule has 1 aromatic carbocycles. The number of ether oxygens (including phenoxy) is 2. The van der Waals surface area contributed by atoms with Gasteiger partial charge in [-0.25, -0.2) is 9.67 Å². The Hall–Kier alpha value is -1.88. The average molecular weight is 528 g/mol. The Bertz CT molecular complexity index is 806. The normalized spacial score (nSPS) is 16.0. The molecule has 0 bridgehead atoms. The van der Waals surface area contributed by atoms with Gasteiger partial charge in [-0.05, 0) is 30.0 Å². The summed E-state index contributed by atoms with van der Waals surface area (Å²) in [5.74, 6) is 3.95. The summed E-state index contributed by atoms with van der Waals surface area (Å²) in [6.45, 7) is 6.83. The third-order valence-electron chi connectivity index (χ3n) is 4.95. The van der Waals surface area contributed by atoms with Gasteiger partial charge in [0.05, 0.1) is 13.1 Å². The molecule has 9 heteroatoms. The molecule has 1 aliphatic rings. The van der Waals surface area contributed by atoms with Crippen LogP contribution in [0.1, 0.15) is 43.4 Å². The van der Waals surface area contributed by atoms with Crippen LogP contribution in [0.15, 0.2) is 29.3 Å². The highest BCUT2D eigenvalue weighted by Crippen LogP contribution is 2.18. The smallest absolute Gasteiger partial charge is 0.191 e. The first-order valence-electron chi connectivity index (χ1n) is 10.2. The number of rotatable bonds is 8. The number of aryl methyl sites for hydroxylation is 1. The Morgan fingerprint density at radius 1 is 1.30 bits per heavy atom. The van der Waals surface area contributed by atoms with Gasteiger partial charge in [-0.15, -0.1) is 24.0 Å². The molecule has 1 unspecified atom stereocenters. The van der Waals surface area contributed by atoms with Gasteiger partial charge in [-0.1, -0.05) is 26.0 Å². The third kappa shape index (κ3) is 6.83. The van der Waals surface area contributed by atoms with Crippen LogP contribution >= 0.6 is 24.0 Å². The van der Waals surface area contributed by atoms with E-state index in [0.717, 1.165) is 42.7 Å². The number of aliphatic imine (C=N–C) groups is 1. The molecule has 2 N–H and O–H groups in total. The van der Waals surface area contributed by atoms with Gasteiger partial charge in [-0.3, -0.25) is 4.99 Å². The largest absolute Gasteiger partial charge is 0.492 e. The molecule has 0 amide bonds. The highest BCUT2D eigenvalue weighted by molar-refractivity contribution is 14.0. The number of aromatic nitrogens is 3. The van der Waals surface area contributed by atoms with Gasteiger partial charge >= 0.3 is 0 Å². The van der Waals surface area contributed by atoms with Crippen molar-refractivity contribution in [2.75, 3.05) is 27.3 Å². The predicted molar refractivity (Wildman–Crippen MR) is 129 cm³/mol. The van der Waals surface area contributed by atoms with Crippen LogP contribution in [-0.2, 0) is 24.3 Å². The molecule has 1 atom stereocenters. The van der Waals surface area contributed by atoms with Gasteiger partial charge in [0, 0.05) is 26.6 Å². The Balaban J connectivity index is 0.00000320. The first-order chi connectivity index (χ1) is 14.1. The van der Waals surface area contributed by atoms with Crippen molar-refractivity contribution in [1.82, 2.24) is 25.4 Å². The molecule has 0 saturated carbocycles. The summed E-state index contributed by atoms with van der Waals surface area (Å²) < 4.78 is 12.9. The molecule has 3 rings (SSSR count). The number of nitrogens with one attached hydrogen (secondary N) is 2. The zero-order valence-electron chi connectivity index (χ0n) is 18.2. The standard InChI is InChI=1S/C21H32N6O2.HI/c1-15(2)16-5-8-18(9-6-16)29-12-11-23-21(22-3)24-17-7-10-20-25-19(14-28-4)26-27(20)13-17;/h5-6,8-9,15,17H,7,10-14H2,1-4H3,(H2,22,23,24);1H. The number of nitrogens with zero attached hydrogens (tertiary/aromatic N) is 4. The monoisotopic (exact) mass is 528 g/mol. The van der Waals surface area contributed by atoms with E-state index in [0.29, 0.717) is 25.7 Å². The van der Waals surface area contributed by atoms with Crippen molar-refractivity contribution < 1.29 is 9.47 Å². The van der Waals surface area contributed by atoms with Crippen LogP contribution < -0.4 is 15.4 Å². The molecule has 2 aromatic rings. The summed E-state index contributed by atoms with van der Waals surface area (Å²) in [6.07, 6.45) is 1.88. The number of guanidine groups is 1. The summed E-state index contributed by atoms with van der Waals surface area (Å²) in [5.41, 5.74) is 1.32. The molecular weight excluding hydrogens is 495 g/mol. The highest BCUT2D eigenvalue weighted by Gasteiger charge is 2.22. The minimum absolute atomic E-state index is 0. The van der Waals surface area contributed by atoms with Crippen LogP contribution in [0.3, 0.4) is 0 Å². The van der Waals surface area contributed by atoms with E-state index in [1.165, 1.54) is 5.56 Å². The van der Waals surface area contributed by atoms with Crippen molar-refractivity contribution in [3.63, 3.8) is 0 Å². The van der Waals surface area contributed by atoms with Gasteiger partial charge < -0.3 is 20.1 Å². The number of methoxy groups -OCH3 is 1. The number of fused-ring (bicyclic) bond motifs is 1. The van der Waals surface area contributed by atoms with E-state index in [1.807, 2.05) is 16.8 Å². The number of hydrogen-bond donors (Lipinski definition) is 2. The lowest BCUT2D eigenvalue weighted by Crippen LogP contribution is -2.47. The van der Waals surface area contributed by atoms with E-state index in [1.54, 1.807) is 14.2 Å². The van der Waals surface area contributed by atoms with Crippen molar-refractivity contribution in [2.45, 2.75) is 51.8 Å². The van der Waals surface area contributed by atoms with Crippen LogP contribution in [0.5, 0.6) is 5.75 Å². The van der Waals surface area contributed by atoms with Gasteiger partial charge in [-0.2, -0.15) is 5.10 Å². The van der Waals surface area contributed by atoms with Crippen LogP contribution in [0.25, 0.3) is 0 Å². The lowest BCUT2D eigenvalue weighted by Gasteiger charge is -2.25. The quantitative estimate of drug-likeness (QED) is 0.237. The maximum absolute atomic E-state index is 5.82. The molecule has 0 fully saturated rings. The first kappa shape index (κ1) is 24.4. The molecule has 2 heterocycles. The van der Waals surface area contributed by atoms with Crippen molar-refractivity contribution in [1.29, 1.82) is 0 Å². The Morgan fingerprint density at radius 3 is 2.73 bits per heavy atom. The molecule has 166 valence electrons. The summed E-state index contributed by atoms with van der Waals surface area (Å²) >= 11 is 0. The average Bonchev–Trinajstić information content (AvgIpc) is 3.12. The SMILES string of the molecule is CN=C(NCCOc1ccc(C(C)C)cc1)NC1CCc2nc(COC)nn2C1.I. The fourth-order valence-electron chi connectivity index (χ4n) is 3.34. The molecule has 1 aromatic heterocycles. The zero-order chi connectivity index (χ0) is 20.6. The van der Waals surface area contributed by atoms with E-state index >= 15 is 0 Å². The molecule has 0 spiro atoms. The van der Waals surface area contributed by atoms with Crippen LogP contribution in [0, 0.1) is 0 Å². The summed E-state index contributed by atoms with van der Waals surface area (Å²) in [7, 11) is 3.44. The molecule has 8 nitrogen and oxygen atoms in total. The van der Waals surface area contributed by atoms with E-state index in [2.05, 4.69) is 51.7 Å². The molecular formula is C21H33IN6O2. The number of halogens is 1. The van der Waals surface area contributed by atoms with Gasteiger partial charge in [0.1, 0.15) is 24.8 Å². The van der Waals surface area contributed by atoms with E-state index in [-0.39, 0.29) is 30.0 Å². The highest BCUT2D eigenvalue weighted by atomic mass is 127. The topological polar surface area (TPSA) is 85.6 Å². The van der Waals surface area contributed by atoms with Gasteiger partial charge in [0.15, 0.2) is 11.8 Å². The maximum atomic E-state index is 5.82. The summed E-state index contributed by atoms with van der Waals surface area (Å²) in [4.78, 5) is 8.84. The predicted octanol–water partition coefficient (Wildman–Crippen LogP) is 2.72. The maximum Gasteiger partial charge on any atom is 0.191 e. The fourth-order valence-corrected chi connectivity index (χ4v) is 3.34. The molecule has 1 aliphatic heterocycles. The Kier molecular flexibility index (Phi) is 9.83. The van der Waals surface area contributed by atoms with Crippen LogP contribution in [-0.4, -0.2) is 54.1 Å². The minimum atomic E-state index is 0. The van der Waals surface area contributed by atoms with Crippen molar-refractivity contribution >= 4 is 29.9 Å². The lowest BCUT2D eigenvalue weighted by molar-refractivity contribution is 0.177. The van der Waals surface area contributed by atoms with Crippen molar-refractivity contribution in [3.8, 4) is 5.75 Å².